The molecule has 5 aromatic rings. The predicted molar refractivity (Wildman–Crippen MR) is 95.0 cm³/mol. The third-order valence-corrected chi connectivity index (χ3v) is 5.80. The zero-order valence-corrected chi connectivity index (χ0v) is 12.8. The molecule has 100 valence electrons. The monoisotopic (exact) mass is 286 g/mol. The highest BCUT2D eigenvalue weighted by atomic mass is 32.1. The van der Waals surface area contributed by atoms with Crippen molar-refractivity contribution in [1.82, 2.24) is 0 Å². The maximum atomic E-state index is 2.29. The van der Waals surface area contributed by atoms with Crippen molar-refractivity contribution in [2.75, 3.05) is 0 Å². The van der Waals surface area contributed by atoms with E-state index in [1.54, 1.807) is 0 Å². The average molecular weight is 286 g/mol. The topological polar surface area (TPSA) is 0 Å². The number of rotatable bonds is 0. The second-order valence-electron chi connectivity index (χ2n) is 5.91. The van der Waals surface area contributed by atoms with Crippen LogP contribution in [0.25, 0.3) is 41.7 Å². The van der Waals surface area contributed by atoms with Gasteiger partial charge in [-0.3, -0.25) is 0 Å². The molecule has 0 aliphatic rings. The minimum Gasteiger partial charge on any atom is -0.135 e. The fraction of sp³-hybridized carbons (Fsp3) is 0.100. The van der Waals surface area contributed by atoms with Crippen molar-refractivity contribution in [3.05, 3.63) is 59.7 Å². The van der Waals surface area contributed by atoms with E-state index in [1.165, 1.54) is 52.8 Å². The highest BCUT2D eigenvalue weighted by Crippen LogP contribution is 2.46. The summed E-state index contributed by atoms with van der Waals surface area (Å²) in [6.07, 6.45) is 0. The van der Waals surface area contributed by atoms with Crippen molar-refractivity contribution in [3.63, 3.8) is 0 Å². The molecule has 1 aromatic heterocycles. The van der Waals surface area contributed by atoms with Crippen molar-refractivity contribution in [2.24, 2.45) is 0 Å². The number of benzene rings is 4. The van der Waals surface area contributed by atoms with Gasteiger partial charge < -0.3 is 0 Å². The summed E-state index contributed by atoms with van der Waals surface area (Å²) >= 11 is 1.91. The molecule has 21 heavy (non-hydrogen) atoms. The molecule has 0 saturated heterocycles. The van der Waals surface area contributed by atoms with Crippen LogP contribution in [-0.4, -0.2) is 0 Å². The first-order valence-corrected chi connectivity index (χ1v) is 8.12. The van der Waals surface area contributed by atoms with E-state index in [1.807, 2.05) is 11.3 Å². The van der Waals surface area contributed by atoms with Crippen molar-refractivity contribution in [3.8, 4) is 0 Å². The smallest absolute Gasteiger partial charge is 0.0361 e. The summed E-state index contributed by atoms with van der Waals surface area (Å²) in [6, 6.07) is 18.0. The van der Waals surface area contributed by atoms with E-state index in [0.717, 1.165) is 0 Å². The Labute approximate surface area is 127 Å². The Hall–Kier alpha value is -2.12. The molecule has 4 aromatic carbocycles. The number of fused-ring (bicyclic) bond motifs is 3. The Kier molecular flexibility index (Phi) is 2.06. The lowest BCUT2D eigenvalue weighted by Gasteiger charge is -2.13. The van der Waals surface area contributed by atoms with Gasteiger partial charge in [-0.15, -0.1) is 11.3 Å². The van der Waals surface area contributed by atoms with Crippen LogP contribution < -0.4 is 0 Å². The summed E-state index contributed by atoms with van der Waals surface area (Å²) < 4.78 is 2.81. The Morgan fingerprint density at radius 2 is 1.05 bits per heavy atom. The van der Waals surface area contributed by atoms with Gasteiger partial charge in [0.25, 0.3) is 0 Å². The first-order valence-electron chi connectivity index (χ1n) is 7.31. The molecule has 0 atom stereocenters. The fourth-order valence-corrected chi connectivity index (χ4v) is 4.95. The zero-order valence-electron chi connectivity index (χ0n) is 12.0. The van der Waals surface area contributed by atoms with E-state index in [2.05, 4.69) is 62.4 Å². The van der Waals surface area contributed by atoms with Crippen LogP contribution >= 0.6 is 11.3 Å². The van der Waals surface area contributed by atoms with Crippen molar-refractivity contribution >= 4 is 53.1 Å². The Morgan fingerprint density at radius 1 is 0.571 bits per heavy atom. The third-order valence-electron chi connectivity index (χ3n) is 4.68. The van der Waals surface area contributed by atoms with Crippen LogP contribution in [0.15, 0.2) is 48.5 Å². The van der Waals surface area contributed by atoms with E-state index in [9.17, 15) is 0 Å². The third kappa shape index (κ3) is 1.30. The van der Waals surface area contributed by atoms with Crippen LogP contribution in [0, 0.1) is 13.8 Å². The van der Waals surface area contributed by atoms with Gasteiger partial charge in [0.2, 0.25) is 0 Å². The van der Waals surface area contributed by atoms with Crippen molar-refractivity contribution < 1.29 is 0 Å². The molecule has 0 nitrogen and oxygen atoms in total. The molecule has 5 rings (SSSR count). The van der Waals surface area contributed by atoms with E-state index >= 15 is 0 Å². The van der Waals surface area contributed by atoms with Gasteiger partial charge in [-0.1, -0.05) is 36.4 Å². The van der Waals surface area contributed by atoms with Gasteiger partial charge in [0.1, 0.15) is 0 Å². The normalized spacial score (nSPS) is 12.3. The molecule has 0 radical (unpaired) electrons. The second-order valence-corrected chi connectivity index (χ2v) is 6.99. The van der Waals surface area contributed by atoms with Gasteiger partial charge in [-0.25, -0.2) is 0 Å². The molecule has 0 aliphatic carbocycles. The average Bonchev–Trinajstić information content (AvgIpc) is 2.88. The Morgan fingerprint density at radius 3 is 1.52 bits per heavy atom. The molecule has 0 unspecified atom stereocenters. The molecule has 0 fully saturated rings. The van der Waals surface area contributed by atoms with Crippen LogP contribution in [0.5, 0.6) is 0 Å². The van der Waals surface area contributed by atoms with Crippen LogP contribution in [0.3, 0.4) is 0 Å². The zero-order chi connectivity index (χ0) is 14.1. The molecule has 0 spiro atoms. The van der Waals surface area contributed by atoms with Gasteiger partial charge in [-0.05, 0) is 58.7 Å². The first kappa shape index (κ1) is 11.5. The molecular weight excluding hydrogens is 272 g/mol. The summed E-state index contributed by atoms with van der Waals surface area (Å²) in [5.74, 6) is 0. The highest BCUT2D eigenvalue weighted by molar-refractivity contribution is 7.26. The predicted octanol–water partition coefficient (Wildman–Crippen LogP) is 6.42. The Balaban J connectivity index is 2.34. The first-order chi connectivity index (χ1) is 10.3. The summed E-state index contributed by atoms with van der Waals surface area (Å²) in [5.41, 5.74) is 2.74. The summed E-state index contributed by atoms with van der Waals surface area (Å²) in [4.78, 5) is 0. The molecule has 0 bridgehead atoms. The minimum atomic E-state index is 1.37. The summed E-state index contributed by atoms with van der Waals surface area (Å²) in [5, 5.41) is 8.59. The molecule has 0 N–H and O–H groups in total. The van der Waals surface area contributed by atoms with Crippen LogP contribution in [0.2, 0.25) is 0 Å². The number of hydrogen-bond donors (Lipinski definition) is 0. The summed E-state index contributed by atoms with van der Waals surface area (Å²) in [7, 11) is 0. The minimum absolute atomic E-state index is 1.37. The Bertz CT molecular complexity index is 1050. The van der Waals surface area contributed by atoms with Crippen LogP contribution in [0.4, 0.5) is 0 Å². The van der Waals surface area contributed by atoms with E-state index in [4.69, 9.17) is 0 Å². The lowest BCUT2D eigenvalue weighted by molar-refractivity contribution is 1.48. The van der Waals surface area contributed by atoms with E-state index in [-0.39, 0.29) is 0 Å². The molecule has 0 saturated carbocycles. The van der Waals surface area contributed by atoms with E-state index in [0.29, 0.717) is 0 Å². The SMILES string of the molecule is Cc1ccc(C)c2c3cccc4sc5cccc(c12)c5c43. The fourth-order valence-electron chi connectivity index (χ4n) is 3.79. The van der Waals surface area contributed by atoms with Crippen LogP contribution in [0.1, 0.15) is 11.1 Å². The molecule has 1 heteroatoms. The second kappa shape index (κ2) is 3.75. The largest absolute Gasteiger partial charge is 0.135 e. The van der Waals surface area contributed by atoms with E-state index < -0.39 is 0 Å². The number of aryl methyl sites for hydroxylation is 2. The standard InChI is InChI=1S/C20H14S/c1-11-9-10-12(2)18-14-6-4-8-16-20(14)19-13(17(11)18)5-3-7-15(19)21-16/h3-10H,1-2H3. The number of hydrogen-bond acceptors (Lipinski definition) is 1. The number of thiophene rings is 1. The molecule has 1 heterocycles. The maximum absolute atomic E-state index is 2.29. The molecular formula is C20H14S. The van der Waals surface area contributed by atoms with Crippen molar-refractivity contribution in [1.29, 1.82) is 0 Å². The van der Waals surface area contributed by atoms with Crippen molar-refractivity contribution in [2.45, 2.75) is 13.8 Å². The summed E-state index contributed by atoms with van der Waals surface area (Å²) in [6.45, 7) is 4.46. The van der Waals surface area contributed by atoms with Gasteiger partial charge in [0, 0.05) is 20.2 Å². The van der Waals surface area contributed by atoms with Crippen LogP contribution in [-0.2, 0) is 0 Å². The highest BCUT2D eigenvalue weighted by Gasteiger charge is 2.16. The maximum Gasteiger partial charge on any atom is 0.0361 e. The quantitative estimate of drug-likeness (QED) is 0.288. The lowest BCUT2D eigenvalue weighted by Crippen LogP contribution is -1.87. The molecule has 0 amide bonds. The van der Waals surface area contributed by atoms with Gasteiger partial charge >= 0.3 is 0 Å². The van der Waals surface area contributed by atoms with Gasteiger partial charge in [0.05, 0.1) is 0 Å². The molecule has 0 aliphatic heterocycles. The lowest BCUT2D eigenvalue weighted by atomic mass is 9.90. The van der Waals surface area contributed by atoms with Gasteiger partial charge in [0.15, 0.2) is 0 Å². The van der Waals surface area contributed by atoms with Gasteiger partial charge in [-0.2, -0.15) is 0 Å².